The van der Waals surface area contributed by atoms with Gasteiger partial charge in [0.05, 0.1) is 6.04 Å². The molecule has 2 rings (SSSR count). The van der Waals surface area contributed by atoms with Crippen LogP contribution in [0.25, 0.3) is 0 Å². The van der Waals surface area contributed by atoms with Gasteiger partial charge < -0.3 is 10.6 Å². The molecule has 62 valence electrons. The van der Waals surface area contributed by atoms with Crippen LogP contribution in [0.4, 0.5) is 0 Å². The molecule has 2 heterocycles. The molecule has 1 aromatic heterocycles. The molecule has 1 unspecified atom stereocenters. The molecule has 3 nitrogen and oxygen atoms in total. The summed E-state index contributed by atoms with van der Waals surface area (Å²) in [6.07, 6.45) is 3.62. The third-order valence-corrected chi connectivity index (χ3v) is 2.12. The summed E-state index contributed by atoms with van der Waals surface area (Å²) < 4.78 is 0. The maximum absolute atomic E-state index is 4.95. The average molecular weight is 179 g/mol. The van der Waals surface area contributed by atoms with Gasteiger partial charge in [-0.1, -0.05) is 6.07 Å². The molecule has 0 aromatic carbocycles. The standard InChI is InChI=1S/C8H9N3S/c12-8-10-5-7(11-8)6-2-1-3-9-4-6/h1-4,7H,5H2,(H2,10,11,12). The van der Waals surface area contributed by atoms with Gasteiger partial charge in [0.15, 0.2) is 5.11 Å². The third kappa shape index (κ3) is 1.38. The van der Waals surface area contributed by atoms with Crippen molar-refractivity contribution in [3.8, 4) is 0 Å². The molecule has 0 amide bonds. The number of nitrogens with one attached hydrogen (secondary N) is 2. The summed E-state index contributed by atoms with van der Waals surface area (Å²) in [5, 5.41) is 6.94. The molecule has 1 atom stereocenters. The third-order valence-electron chi connectivity index (χ3n) is 1.86. The first kappa shape index (κ1) is 7.49. The van der Waals surface area contributed by atoms with Crippen molar-refractivity contribution < 1.29 is 0 Å². The molecule has 1 aliphatic heterocycles. The highest BCUT2D eigenvalue weighted by atomic mass is 32.1. The molecule has 1 aromatic rings. The number of thiocarbonyl (C=S) groups is 1. The number of hydrogen-bond donors (Lipinski definition) is 2. The second-order valence-corrected chi connectivity index (χ2v) is 3.10. The number of rotatable bonds is 1. The summed E-state index contributed by atoms with van der Waals surface area (Å²) in [6.45, 7) is 0.852. The molecular weight excluding hydrogens is 170 g/mol. The second-order valence-electron chi connectivity index (χ2n) is 2.69. The first-order chi connectivity index (χ1) is 5.86. The average Bonchev–Trinajstić information content (AvgIpc) is 2.54. The summed E-state index contributed by atoms with van der Waals surface area (Å²) in [4.78, 5) is 4.04. The molecule has 0 saturated carbocycles. The van der Waals surface area contributed by atoms with Gasteiger partial charge in [-0.2, -0.15) is 0 Å². The fraction of sp³-hybridized carbons (Fsp3) is 0.250. The first-order valence-electron chi connectivity index (χ1n) is 3.80. The van der Waals surface area contributed by atoms with E-state index in [2.05, 4.69) is 15.6 Å². The van der Waals surface area contributed by atoms with Crippen molar-refractivity contribution in [1.29, 1.82) is 0 Å². The van der Waals surface area contributed by atoms with E-state index in [9.17, 15) is 0 Å². The van der Waals surface area contributed by atoms with Crippen LogP contribution in [-0.4, -0.2) is 16.6 Å². The van der Waals surface area contributed by atoms with Gasteiger partial charge >= 0.3 is 0 Å². The van der Waals surface area contributed by atoms with E-state index in [1.54, 1.807) is 6.20 Å². The van der Waals surface area contributed by atoms with E-state index in [1.807, 2.05) is 18.3 Å². The molecule has 0 bridgehead atoms. The molecular formula is C8H9N3S. The SMILES string of the molecule is S=C1NCC(c2cccnc2)N1. The monoisotopic (exact) mass is 179 g/mol. The van der Waals surface area contributed by atoms with E-state index in [0.717, 1.165) is 11.7 Å². The summed E-state index contributed by atoms with van der Waals surface area (Å²) in [5.41, 5.74) is 1.17. The lowest BCUT2D eigenvalue weighted by atomic mass is 10.1. The Balaban J connectivity index is 2.16. The predicted octanol–water partition coefficient (Wildman–Crippen LogP) is 0.600. The van der Waals surface area contributed by atoms with E-state index in [1.165, 1.54) is 5.56 Å². The highest BCUT2D eigenvalue weighted by molar-refractivity contribution is 7.80. The molecule has 0 spiro atoms. The Morgan fingerprint density at radius 1 is 1.58 bits per heavy atom. The number of nitrogens with zero attached hydrogens (tertiary/aromatic N) is 1. The van der Waals surface area contributed by atoms with Gasteiger partial charge in [0.25, 0.3) is 0 Å². The van der Waals surface area contributed by atoms with Gasteiger partial charge in [0.2, 0.25) is 0 Å². The fourth-order valence-corrected chi connectivity index (χ4v) is 1.46. The lowest BCUT2D eigenvalue weighted by Gasteiger charge is -2.07. The number of hydrogen-bond acceptors (Lipinski definition) is 2. The van der Waals surface area contributed by atoms with Crippen molar-refractivity contribution in [2.75, 3.05) is 6.54 Å². The minimum atomic E-state index is 0.284. The zero-order valence-electron chi connectivity index (χ0n) is 6.45. The maximum Gasteiger partial charge on any atom is 0.166 e. The Bertz CT molecular complexity index is 286. The van der Waals surface area contributed by atoms with Crippen LogP contribution in [0, 0.1) is 0 Å². The molecule has 0 aliphatic carbocycles. The highest BCUT2D eigenvalue weighted by Gasteiger charge is 2.18. The van der Waals surface area contributed by atoms with Crippen LogP contribution >= 0.6 is 12.2 Å². The highest BCUT2D eigenvalue weighted by Crippen LogP contribution is 2.12. The van der Waals surface area contributed by atoms with Crippen molar-refractivity contribution in [2.45, 2.75) is 6.04 Å². The van der Waals surface area contributed by atoms with Crippen molar-refractivity contribution in [1.82, 2.24) is 15.6 Å². The Morgan fingerprint density at radius 3 is 3.08 bits per heavy atom. The molecule has 4 heteroatoms. The maximum atomic E-state index is 4.95. The van der Waals surface area contributed by atoms with Crippen LogP contribution in [0.1, 0.15) is 11.6 Å². The number of pyridine rings is 1. The minimum absolute atomic E-state index is 0.284. The molecule has 1 saturated heterocycles. The Morgan fingerprint density at radius 2 is 2.50 bits per heavy atom. The largest absolute Gasteiger partial charge is 0.360 e. The van der Waals surface area contributed by atoms with Crippen molar-refractivity contribution in [2.24, 2.45) is 0 Å². The lowest BCUT2D eigenvalue weighted by Crippen LogP contribution is -2.21. The zero-order chi connectivity index (χ0) is 8.39. The topological polar surface area (TPSA) is 37.0 Å². The Labute approximate surface area is 76.2 Å². The van der Waals surface area contributed by atoms with Crippen molar-refractivity contribution in [3.05, 3.63) is 30.1 Å². The minimum Gasteiger partial charge on any atom is -0.360 e. The van der Waals surface area contributed by atoms with E-state index < -0.39 is 0 Å². The van der Waals surface area contributed by atoms with Gasteiger partial charge in [-0.05, 0) is 23.8 Å². The summed E-state index contributed by atoms with van der Waals surface area (Å²) in [6, 6.07) is 4.25. The van der Waals surface area contributed by atoms with E-state index in [0.29, 0.717) is 0 Å². The molecule has 12 heavy (non-hydrogen) atoms. The molecule has 1 aliphatic rings. The summed E-state index contributed by atoms with van der Waals surface area (Å²) in [7, 11) is 0. The Kier molecular flexibility index (Phi) is 1.91. The van der Waals surface area contributed by atoms with Crippen molar-refractivity contribution >= 4 is 17.3 Å². The van der Waals surface area contributed by atoms with Crippen molar-refractivity contribution in [3.63, 3.8) is 0 Å². The van der Waals surface area contributed by atoms with E-state index in [-0.39, 0.29) is 6.04 Å². The lowest BCUT2D eigenvalue weighted by molar-refractivity contribution is 0.703. The fourth-order valence-electron chi connectivity index (χ4n) is 1.24. The Hall–Kier alpha value is -1.16. The summed E-state index contributed by atoms with van der Waals surface area (Å²) >= 11 is 4.95. The zero-order valence-corrected chi connectivity index (χ0v) is 7.27. The van der Waals surface area contributed by atoms with Crippen LogP contribution in [-0.2, 0) is 0 Å². The molecule has 2 N–H and O–H groups in total. The van der Waals surface area contributed by atoms with Gasteiger partial charge in [0.1, 0.15) is 0 Å². The van der Waals surface area contributed by atoms with Gasteiger partial charge in [0, 0.05) is 18.9 Å². The first-order valence-corrected chi connectivity index (χ1v) is 4.21. The van der Waals surface area contributed by atoms with Gasteiger partial charge in [-0.25, -0.2) is 0 Å². The smallest absolute Gasteiger partial charge is 0.166 e. The van der Waals surface area contributed by atoms with Crippen LogP contribution in [0.5, 0.6) is 0 Å². The molecule has 0 radical (unpaired) electrons. The second kappa shape index (κ2) is 3.06. The van der Waals surface area contributed by atoms with Gasteiger partial charge in [-0.3, -0.25) is 4.98 Å². The van der Waals surface area contributed by atoms with Crippen LogP contribution < -0.4 is 10.6 Å². The van der Waals surface area contributed by atoms with E-state index >= 15 is 0 Å². The normalized spacial score (nSPS) is 21.7. The van der Waals surface area contributed by atoms with Crippen LogP contribution in [0.15, 0.2) is 24.5 Å². The summed E-state index contributed by atoms with van der Waals surface area (Å²) in [5.74, 6) is 0. The quantitative estimate of drug-likeness (QED) is 0.619. The van der Waals surface area contributed by atoms with Crippen LogP contribution in [0.3, 0.4) is 0 Å². The predicted molar refractivity (Wildman–Crippen MR) is 50.7 cm³/mol. The van der Waals surface area contributed by atoms with Crippen LogP contribution in [0.2, 0.25) is 0 Å². The molecule has 1 fully saturated rings. The number of aromatic nitrogens is 1. The van der Waals surface area contributed by atoms with Gasteiger partial charge in [-0.15, -0.1) is 0 Å². The van der Waals surface area contributed by atoms with E-state index in [4.69, 9.17) is 12.2 Å².